The number of aryl methyl sites for hydroxylation is 1. The molecule has 1 amide bonds. The number of benzene rings is 4. The van der Waals surface area contributed by atoms with Crippen molar-refractivity contribution in [1.29, 1.82) is 0 Å². The Hall–Kier alpha value is -4.91. The van der Waals surface area contributed by atoms with E-state index in [2.05, 4.69) is 50.8 Å². The van der Waals surface area contributed by atoms with Crippen molar-refractivity contribution in [2.45, 2.75) is 51.4 Å². The number of carbonyl (C=O) groups excluding carboxylic acids is 1. The van der Waals surface area contributed by atoms with E-state index in [0.717, 1.165) is 73.6 Å². The monoisotopic (exact) mass is 801 g/mol. The third-order valence-corrected chi connectivity index (χ3v) is 12.3. The molecule has 1 aromatic heterocycles. The number of hydrogen-bond acceptors (Lipinski definition) is 7. The van der Waals surface area contributed by atoms with Crippen molar-refractivity contribution in [3.63, 3.8) is 0 Å². The zero-order chi connectivity index (χ0) is 39.6. The molecule has 13 heteroatoms. The molecule has 1 fully saturated rings. The number of anilines is 2. The molecule has 3 N–H and O–H groups in total. The number of piperazine rings is 1. The number of halogens is 3. The van der Waals surface area contributed by atoms with Crippen LogP contribution in [0.25, 0.3) is 16.5 Å². The van der Waals surface area contributed by atoms with Crippen LogP contribution >= 0.6 is 11.6 Å². The van der Waals surface area contributed by atoms with Gasteiger partial charge >= 0.3 is 0 Å². The topological polar surface area (TPSA) is 107 Å². The normalized spacial score (nSPS) is 16.4. The van der Waals surface area contributed by atoms with E-state index < -0.39 is 28.9 Å². The molecule has 0 radical (unpaired) electrons. The van der Waals surface area contributed by atoms with E-state index in [-0.39, 0.29) is 21.6 Å². The Balaban J connectivity index is 1.10. The number of nitrogens with one attached hydrogen (secondary N) is 3. The number of H-pyrrole nitrogens is 1. The molecule has 56 heavy (non-hydrogen) atoms. The minimum Gasteiger partial charge on any atom is -0.456 e. The second kappa shape index (κ2) is 16.3. The molecule has 1 aliphatic heterocycles. The number of carbonyl (C=O) groups is 1. The molecule has 1 aliphatic carbocycles. The zero-order valence-electron chi connectivity index (χ0n) is 31.7. The third kappa shape index (κ3) is 9.20. The maximum Gasteiger partial charge on any atom is 0.268 e. The maximum absolute atomic E-state index is 13.7. The lowest BCUT2D eigenvalue weighted by atomic mass is 9.72. The number of sulfonamides is 1. The standard InChI is InChI=1S/C43H46ClF2N5O4S/c1-28-22-35(10-13-38(28)48-26-41(45)46)56(53,54)49-42(52)36-11-8-33(24-40(36)55-34-9-12-39-30(23-34)15-17-47-39)51-20-18-50(19-21-51)27-31-14-16-43(2,3)25-37(31)29-4-6-32(44)7-5-29/h4-13,15,17,22-24,41,47-48H,14,16,18-21,25-27H2,1-3H3,(H,49,52). The van der Waals surface area contributed by atoms with E-state index in [9.17, 15) is 22.0 Å². The minimum absolute atomic E-state index is 0.0407. The van der Waals surface area contributed by atoms with Gasteiger partial charge in [-0.15, -0.1) is 0 Å². The number of aromatic nitrogens is 1. The van der Waals surface area contributed by atoms with Crippen LogP contribution in [0.5, 0.6) is 11.5 Å². The van der Waals surface area contributed by atoms with Crippen LogP contribution in [0.3, 0.4) is 0 Å². The fraction of sp³-hybridized carbons (Fsp3) is 0.326. The molecular formula is C43H46ClF2N5O4S. The number of hydrogen-bond donors (Lipinski definition) is 3. The predicted molar refractivity (Wildman–Crippen MR) is 220 cm³/mol. The number of alkyl halides is 2. The Morgan fingerprint density at radius 3 is 2.46 bits per heavy atom. The Bertz CT molecular complexity index is 2370. The van der Waals surface area contributed by atoms with Crippen LogP contribution in [0.2, 0.25) is 5.02 Å². The van der Waals surface area contributed by atoms with Crippen LogP contribution in [-0.4, -0.2) is 69.9 Å². The van der Waals surface area contributed by atoms with Gasteiger partial charge in [-0.2, -0.15) is 0 Å². The molecule has 0 atom stereocenters. The minimum atomic E-state index is -4.33. The lowest BCUT2D eigenvalue weighted by Crippen LogP contribution is -2.47. The number of rotatable bonds is 12. The van der Waals surface area contributed by atoms with Crippen molar-refractivity contribution in [3.05, 3.63) is 118 Å². The van der Waals surface area contributed by atoms with Gasteiger partial charge < -0.3 is 19.9 Å². The smallest absolute Gasteiger partial charge is 0.268 e. The fourth-order valence-electron chi connectivity index (χ4n) is 7.52. The number of amides is 1. The summed E-state index contributed by atoms with van der Waals surface area (Å²) in [5.74, 6) is -0.172. The summed E-state index contributed by atoms with van der Waals surface area (Å²) < 4.78 is 60.9. The van der Waals surface area contributed by atoms with E-state index >= 15 is 0 Å². The van der Waals surface area contributed by atoms with E-state index in [1.807, 2.05) is 42.6 Å². The summed E-state index contributed by atoms with van der Waals surface area (Å²) in [6.07, 6.45) is 2.49. The average Bonchev–Trinajstić information content (AvgIpc) is 3.63. The van der Waals surface area contributed by atoms with E-state index in [1.165, 1.54) is 34.9 Å². The lowest BCUT2D eigenvalue weighted by Gasteiger charge is -2.39. The van der Waals surface area contributed by atoms with Crippen LogP contribution in [0, 0.1) is 12.3 Å². The van der Waals surface area contributed by atoms with Crippen molar-refractivity contribution in [3.8, 4) is 11.5 Å². The van der Waals surface area contributed by atoms with Crippen molar-refractivity contribution < 1.29 is 26.7 Å². The van der Waals surface area contributed by atoms with Crippen LogP contribution in [0.15, 0.2) is 102 Å². The number of ether oxygens (including phenoxy) is 1. The Morgan fingerprint density at radius 1 is 0.964 bits per heavy atom. The van der Waals surface area contributed by atoms with Gasteiger partial charge in [0.1, 0.15) is 11.5 Å². The van der Waals surface area contributed by atoms with Gasteiger partial charge in [0.2, 0.25) is 0 Å². The molecule has 7 rings (SSSR count). The van der Waals surface area contributed by atoms with Crippen LogP contribution in [-0.2, 0) is 10.0 Å². The van der Waals surface area contributed by atoms with Gasteiger partial charge in [0.15, 0.2) is 0 Å². The number of nitrogens with zero attached hydrogens (tertiary/aromatic N) is 2. The SMILES string of the molecule is Cc1cc(S(=O)(=O)NC(=O)c2ccc(N3CCN(CC4=C(c5ccc(Cl)cc5)CC(C)(C)CC4)CC3)cc2Oc2ccc3[nH]ccc3c2)ccc1NCC(F)F. The van der Waals surface area contributed by atoms with Crippen molar-refractivity contribution in [2.75, 3.05) is 49.5 Å². The lowest BCUT2D eigenvalue weighted by molar-refractivity contribution is 0.0979. The first-order valence-electron chi connectivity index (χ1n) is 18.8. The summed E-state index contributed by atoms with van der Waals surface area (Å²) in [7, 11) is -4.33. The summed E-state index contributed by atoms with van der Waals surface area (Å²) in [6, 6.07) is 24.8. The molecule has 0 spiro atoms. The molecule has 2 aliphatic rings. The summed E-state index contributed by atoms with van der Waals surface area (Å²) >= 11 is 6.23. The number of allylic oxidation sites excluding steroid dienone is 1. The first kappa shape index (κ1) is 39.3. The molecule has 294 valence electrons. The summed E-state index contributed by atoms with van der Waals surface area (Å²) in [6.45, 7) is 9.81. The number of aromatic amines is 1. The molecule has 5 aromatic rings. The van der Waals surface area contributed by atoms with Gasteiger partial charge in [-0.05, 0) is 115 Å². The third-order valence-electron chi connectivity index (χ3n) is 10.7. The average molecular weight is 802 g/mol. The van der Waals surface area contributed by atoms with Crippen molar-refractivity contribution in [1.82, 2.24) is 14.6 Å². The maximum atomic E-state index is 13.7. The highest BCUT2D eigenvalue weighted by Crippen LogP contribution is 2.43. The Morgan fingerprint density at radius 2 is 1.73 bits per heavy atom. The molecule has 4 aromatic carbocycles. The first-order valence-corrected chi connectivity index (χ1v) is 20.6. The molecule has 9 nitrogen and oxygen atoms in total. The largest absolute Gasteiger partial charge is 0.456 e. The fourth-order valence-corrected chi connectivity index (χ4v) is 8.70. The second-order valence-corrected chi connectivity index (χ2v) is 17.5. The zero-order valence-corrected chi connectivity index (χ0v) is 33.2. The van der Waals surface area contributed by atoms with Crippen molar-refractivity contribution >= 4 is 55.4 Å². The highest BCUT2D eigenvalue weighted by atomic mass is 35.5. The summed E-state index contributed by atoms with van der Waals surface area (Å²) in [4.78, 5) is 21.5. The predicted octanol–water partition coefficient (Wildman–Crippen LogP) is 9.50. The Kier molecular flexibility index (Phi) is 11.4. The van der Waals surface area contributed by atoms with E-state index in [1.54, 1.807) is 25.1 Å². The molecule has 0 bridgehead atoms. The molecule has 0 saturated carbocycles. The van der Waals surface area contributed by atoms with Gasteiger partial charge in [-0.3, -0.25) is 9.69 Å². The van der Waals surface area contributed by atoms with Gasteiger partial charge in [0.25, 0.3) is 22.4 Å². The van der Waals surface area contributed by atoms with Gasteiger partial charge in [-0.25, -0.2) is 21.9 Å². The highest BCUT2D eigenvalue weighted by molar-refractivity contribution is 7.90. The highest BCUT2D eigenvalue weighted by Gasteiger charge is 2.30. The van der Waals surface area contributed by atoms with Crippen LogP contribution in [0.4, 0.5) is 20.2 Å². The number of fused-ring (bicyclic) bond motifs is 1. The van der Waals surface area contributed by atoms with Crippen molar-refractivity contribution in [2.24, 2.45) is 5.41 Å². The van der Waals surface area contributed by atoms with E-state index in [0.29, 0.717) is 17.0 Å². The molecule has 1 saturated heterocycles. The summed E-state index contributed by atoms with van der Waals surface area (Å²) in [5.41, 5.74) is 7.01. The quantitative estimate of drug-likeness (QED) is 0.115. The second-order valence-electron chi connectivity index (χ2n) is 15.4. The summed E-state index contributed by atoms with van der Waals surface area (Å²) in [5, 5.41) is 4.25. The molecular weight excluding hydrogens is 756 g/mol. The Labute approximate surface area is 331 Å². The van der Waals surface area contributed by atoms with Gasteiger partial charge in [0, 0.05) is 72.3 Å². The van der Waals surface area contributed by atoms with Gasteiger partial charge in [-0.1, -0.05) is 43.2 Å². The van der Waals surface area contributed by atoms with E-state index in [4.69, 9.17) is 16.3 Å². The molecule has 2 heterocycles. The molecule has 0 unspecified atom stereocenters. The van der Waals surface area contributed by atoms with Gasteiger partial charge in [0.05, 0.1) is 17.0 Å². The first-order chi connectivity index (χ1) is 26.7. The van der Waals surface area contributed by atoms with Crippen LogP contribution in [0.1, 0.15) is 54.6 Å². The van der Waals surface area contributed by atoms with Crippen LogP contribution < -0.4 is 19.7 Å².